The Morgan fingerprint density at radius 2 is 2.00 bits per heavy atom. The van der Waals surface area contributed by atoms with Crippen molar-refractivity contribution in [3.8, 4) is 6.07 Å². The molecule has 0 bridgehead atoms. The minimum atomic E-state index is -1.48. The molecular weight excluding hydrogens is 228 g/mol. The summed E-state index contributed by atoms with van der Waals surface area (Å²) >= 11 is 0. The van der Waals surface area contributed by atoms with Gasteiger partial charge in [-0.15, -0.1) is 0 Å². The molecule has 0 aromatic heterocycles. The first-order chi connectivity index (χ1) is 8.67. The van der Waals surface area contributed by atoms with E-state index in [1.165, 1.54) is 0 Å². The molecule has 1 fully saturated rings. The lowest BCUT2D eigenvalue weighted by molar-refractivity contribution is -0.121. The summed E-state index contributed by atoms with van der Waals surface area (Å²) in [5.41, 5.74) is 4.51. The average molecular weight is 238 g/mol. The number of carbonyl (C=O) groups excluding carboxylic acids is 1. The lowest BCUT2D eigenvalue weighted by atomic mass is 9.98. The molecule has 0 aliphatic carbocycles. The van der Waals surface area contributed by atoms with Crippen molar-refractivity contribution in [2.75, 3.05) is 0 Å². The highest BCUT2D eigenvalue weighted by Crippen LogP contribution is 2.49. The van der Waals surface area contributed by atoms with Crippen molar-refractivity contribution in [3.05, 3.63) is 48.0 Å². The maximum atomic E-state index is 11.2. The summed E-state index contributed by atoms with van der Waals surface area (Å²) in [7, 11) is 0. The smallest absolute Gasteiger partial charge is 0.267 e. The summed E-state index contributed by atoms with van der Waals surface area (Å²) in [5, 5.41) is 11.1. The maximum Gasteiger partial charge on any atom is 0.267 e. The third-order valence-electron chi connectivity index (χ3n) is 3.22. The number of benzene rings is 2. The van der Waals surface area contributed by atoms with Gasteiger partial charge in [0.15, 0.2) is 0 Å². The predicted molar refractivity (Wildman–Crippen MR) is 65.3 cm³/mol. The number of nitrogens with two attached hydrogens (primary N) is 1. The van der Waals surface area contributed by atoms with Crippen LogP contribution >= 0.6 is 0 Å². The Kier molecular flexibility index (Phi) is 2.12. The number of rotatable bonds is 2. The quantitative estimate of drug-likeness (QED) is 0.808. The molecule has 2 aromatic carbocycles. The van der Waals surface area contributed by atoms with Crippen molar-refractivity contribution >= 4 is 16.7 Å². The van der Waals surface area contributed by atoms with Gasteiger partial charge in [-0.25, -0.2) is 0 Å². The molecule has 4 heteroatoms. The van der Waals surface area contributed by atoms with E-state index in [2.05, 4.69) is 0 Å². The second-order valence-corrected chi connectivity index (χ2v) is 4.32. The largest absolute Gasteiger partial charge is 0.366 e. The molecule has 1 heterocycles. The lowest BCUT2D eigenvalue weighted by Gasteiger charge is -2.01. The van der Waals surface area contributed by atoms with E-state index in [9.17, 15) is 4.79 Å². The van der Waals surface area contributed by atoms with Crippen LogP contribution in [-0.4, -0.2) is 11.5 Å². The van der Waals surface area contributed by atoms with Crippen LogP contribution < -0.4 is 5.73 Å². The monoisotopic (exact) mass is 238 g/mol. The molecule has 1 saturated heterocycles. The van der Waals surface area contributed by atoms with Crippen LogP contribution in [0.1, 0.15) is 11.7 Å². The van der Waals surface area contributed by atoms with Crippen LogP contribution in [-0.2, 0) is 9.53 Å². The topological polar surface area (TPSA) is 79.4 Å². The van der Waals surface area contributed by atoms with Crippen LogP contribution in [0.4, 0.5) is 0 Å². The van der Waals surface area contributed by atoms with E-state index >= 15 is 0 Å². The van der Waals surface area contributed by atoms with Gasteiger partial charge >= 0.3 is 0 Å². The number of hydrogen-bond donors (Lipinski definition) is 1. The van der Waals surface area contributed by atoms with Gasteiger partial charge in [0.1, 0.15) is 12.2 Å². The maximum absolute atomic E-state index is 11.2. The fraction of sp³-hybridized carbons (Fsp3) is 0.143. The molecule has 2 atom stereocenters. The van der Waals surface area contributed by atoms with Gasteiger partial charge in [0, 0.05) is 0 Å². The Morgan fingerprint density at radius 1 is 1.28 bits per heavy atom. The number of primary amides is 1. The van der Waals surface area contributed by atoms with E-state index in [-0.39, 0.29) is 0 Å². The molecule has 88 valence electrons. The van der Waals surface area contributed by atoms with Crippen LogP contribution in [0.2, 0.25) is 0 Å². The van der Waals surface area contributed by atoms with Crippen molar-refractivity contribution < 1.29 is 9.53 Å². The van der Waals surface area contributed by atoms with Crippen LogP contribution in [0.3, 0.4) is 0 Å². The van der Waals surface area contributed by atoms with Gasteiger partial charge in [0.2, 0.25) is 0 Å². The van der Waals surface area contributed by atoms with Crippen molar-refractivity contribution in [3.63, 3.8) is 0 Å². The number of carbonyl (C=O) groups is 1. The SMILES string of the molecule is N#C[C@]1(C(N)=O)O[C@@H]1c1ccc2ccccc2c1. The van der Waals surface area contributed by atoms with Crippen LogP contribution in [0, 0.1) is 11.3 Å². The molecule has 1 aliphatic rings. The van der Waals surface area contributed by atoms with E-state index in [4.69, 9.17) is 15.7 Å². The number of amides is 1. The molecule has 2 N–H and O–H groups in total. The predicted octanol–water partition coefficient (Wildman–Crippen LogP) is 1.66. The minimum absolute atomic E-state index is 0.551. The zero-order valence-corrected chi connectivity index (χ0v) is 9.46. The molecule has 4 nitrogen and oxygen atoms in total. The van der Waals surface area contributed by atoms with E-state index in [0.717, 1.165) is 16.3 Å². The molecule has 1 aliphatic heterocycles. The number of epoxide rings is 1. The standard InChI is InChI=1S/C14H10N2O2/c15-8-14(13(16)17)12(18-14)11-6-5-9-3-1-2-4-10(9)7-11/h1-7,12H,(H2,16,17)/t12-,14+/m1/s1. The number of fused-ring (bicyclic) bond motifs is 1. The Hall–Kier alpha value is -2.38. The van der Waals surface area contributed by atoms with Crippen LogP contribution in [0.15, 0.2) is 42.5 Å². The summed E-state index contributed by atoms with van der Waals surface area (Å²) in [6.07, 6.45) is -0.551. The first-order valence-corrected chi connectivity index (χ1v) is 5.55. The second-order valence-electron chi connectivity index (χ2n) is 4.32. The molecular formula is C14H10N2O2. The van der Waals surface area contributed by atoms with E-state index in [0.29, 0.717) is 0 Å². The Balaban J connectivity index is 2.03. The first kappa shape index (κ1) is 10.8. The summed E-state index contributed by atoms with van der Waals surface area (Å²) in [6.45, 7) is 0. The van der Waals surface area contributed by atoms with Crippen molar-refractivity contribution in [1.82, 2.24) is 0 Å². The minimum Gasteiger partial charge on any atom is -0.366 e. The molecule has 2 aromatic rings. The van der Waals surface area contributed by atoms with Crippen LogP contribution in [0.25, 0.3) is 10.8 Å². The van der Waals surface area contributed by atoms with Gasteiger partial charge in [0.25, 0.3) is 11.5 Å². The third-order valence-corrected chi connectivity index (χ3v) is 3.22. The highest BCUT2D eigenvalue weighted by molar-refractivity contribution is 5.91. The molecule has 0 unspecified atom stereocenters. The van der Waals surface area contributed by atoms with Gasteiger partial charge in [-0.05, 0) is 22.4 Å². The summed E-state index contributed by atoms with van der Waals surface area (Å²) in [5.74, 6) is -0.733. The van der Waals surface area contributed by atoms with Gasteiger partial charge in [-0.2, -0.15) is 5.26 Å². The highest BCUT2D eigenvalue weighted by atomic mass is 16.6. The summed E-state index contributed by atoms with van der Waals surface area (Å²) < 4.78 is 5.21. The molecule has 1 amide bonds. The van der Waals surface area contributed by atoms with Gasteiger partial charge < -0.3 is 10.5 Å². The molecule has 18 heavy (non-hydrogen) atoms. The van der Waals surface area contributed by atoms with Gasteiger partial charge in [0.05, 0.1) is 0 Å². The fourth-order valence-electron chi connectivity index (χ4n) is 2.15. The molecule has 0 saturated carbocycles. The molecule has 3 rings (SSSR count). The zero-order chi connectivity index (χ0) is 12.8. The average Bonchev–Trinajstić information content (AvgIpc) is 3.14. The number of hydrogen-bond acceptors (Lipinski definition) is 3. The lowest BCUT2D eigenvalue weighted by Crippen LogP contribution is -2.31. The fourth-order valence-corrected chi connectivity index (χ4v) is 2.15. The zero-order valence-electron chi connectivity index (χ0n) is 9.46. The Morgan fingerprint density at radius 3 is 2.61 bits per heavy atom. The Labute approximate surface area is 104 Å². The second kappa shape index (κ2) is 3.56. The normalized spacial score (nSPS) is 25.6. The molecule has 0 spiro atoms. The highest BCUT2D eigenvalue weighted by Gasteiger charge is 2.63. The van der Waals surface area contributed by atoms with Crippen molar-refractivity contribution in [2.24, 2.45) is 5.73 Å². The summed E-state index contributed by atoms with van der Waals surface area (Å²) in [4.78, 5) is 11.2. The first-order valence-electron chi connectivity index (χ1n) is 5.55. The number of nitrogens with zero attached hydrogens (tertiary/aromatic N) is 1. The summed E-state index contributed by atoms with van der Waals surface area (Å²) in [6, 6.07) is 15.4. The van der Waals surface area contributed by atoms with Gasteiger partial charge in [-0.1, -0.05) is 36.4 Å². The van der Waals surface area contributed by atoms with E-state index < -0.39 is 17.6 Å². The van der Waals surface area contributed by atoms with Crippen molar-refractivity contribution in [1.29, 1.82) is 5.26 Å². The van der Waals surface area contributed by atoms with E-state index in [1.54, 1.807) is 0 Å². The third kappa shape index (κ3) is 1.38. The van der Waals surface area contributed by atoms with E-state index in [1.807, 2.05) is 48.5 Å². The van der Waals surface area contributed by atoms with Crippen LogP contribution in [0.5, 0.6) is 0 Å². The Bertz CT molecular complexity index is 689. The number of ether oxygens (including phenoxy) is 1. The van der Waals surface area contributed by atoms with Gasteiger partial charge in [-0.3, -0.25) is 4.79 Å². The number of nitriles is 1. The molecule has 0 radical (unpaired) electrons. The van der Waals surface area contributed by atoms with Crippen molar-refractivity contribution in [2.45, 2.75) is 11.7 Å².